The van der Waals surface area contributed by atoms with Crippen molar-refractivity contribution in [3.8, 4) is 17.2 Å². The Labute approximate surface area is 113 Å². The van der Waals surface area contributed by atoms with E-state index < -0.39 is 0 Å². The standard InChI is InChI=1S/C13H11NO4S/c1-8-14-10(6-19-8)5-16-11-3-13-12(17-7-18-13)2-9(11)4-15/h2-4,6H,5,7H2,1H3. The monoisotopic (exact) mass is 277 g/mol. The van der Waals surface area contributed by atoms with Crippen LogP contribution >= 0.6 is 11.3 Å². The van der Waals surface area contributed by atoms with E-state index in [4.69, 9.17) is 14.2 Å². The molecule has 1 aromatic carbocycles. The Morgan fingerprint density at radius 1 is 1.42 bits per heavy atom. The Morgan fingerprint density at radius 3 is 2.89 bits per heavy atom. The number of aldehydes is 1. The molecule has 0 saturated heterocycles. The smallest absolute Gasteiger partial charge is 0.231 e. The first-order chi connectivity index (χ1) is 9.26. The lowest BCUT2D eigenvalue weighted by atomic mass is 10.2. The highest BCUT2D eigenvalue weighted by molar-refractivity contribution is 7.09. The number of carbonyl (C=O) groups excluding carboxylic acids is 1. The fraction of sp³-hybridized carbons (Fsp3) is 0.231. The summed E-state index contributed by atoms with van der Waals surface area (Å²) in [4.78, 5) is 15.4. The number of hydrogen-bond donors (Lipinski definition) is 0. The van der Waals surface area contributed by atoms with Crippen LogP contribution in [0, 0.1) is 6.92 Å². The summed E-state index contributed by atoms with van der Waals surface area (Å²) in [6.07, 6.45) is 0.740. The summed E-state index contributed by atoms with van der Waals surface area (Å²) in [5, 5.41) is 2.92. The van der Waals surface area contributed by atoms with E-state index >= 15 is 0 Å². The number of aromatic nitrogens is 1. The van der Waals surface area contributed by atoms with Gasteiger partial charge in [-0.2, -0.15) is 0 Å². The van der Waals surface area contributed by atoms with Crippen molar-refractivity contribution in [2.75, 3.05) is 6.79 Å². The number of rotatable bonds is 4. The second kappa shape index (κ2) is 4.89. The molecule has 0 unspecified atom stereocenters. The zero-order valence-electron chi connectivity index (χ0n) is 10.2. The number of nitrogens with zero attached hydrogens (tertiary/aromatic N) is 1. The number of benzene rings is 1. The van der Waals surface area contributed by atoms with Crippen molar-refractivity contribution in [3.05, 3.63) is 33.8 Å². The van der Waals surface area contributed by atoms with Crippen molar-refractivity contribution in [2.45, 2.75) is 13.5 Å². The minimum Gasteiger partial charge on any atom is -0.486 e. The molecule has 0 atom stereocenters. The second-order valence-electron chi connectivity index (χ2n) is 4.01. The van der Waals surface area contributed by atoms with Crippen LogP contribution in [0.2, 0.25) is 0 Å². The molecule has 19 heavy (non-hydrogen) atoms. The van der Waals surface area contributed by atoms with Crippen molar-refractivity contribution >= 4 is 17.6 Å². The molecule has 5 nitrogen and oxygen atoms in total. The minimum absolute atomic E-state index is 0.169. The highest BCUT2D eigenvalue weighted by atomic mass is 32.1. The Morgan fingerprint density at radius 2 is 2.21 bits per heavy atom. The van der Waals surface area contributed by atoms with E-state index in [1.54, 1.807) is 23.5 Å². The molecule has 0 spiro atoms. The molecule has 3 rings (SSSR count). The fourth-order valence-corrected chi connectivity index (χ4v) is 2.38. The van der Waals surface area contributed by atoms with Gasteiger partial charge < -0.3 is 14.2 Å². The van der Waals surface area contributed by atoms with Gasteiger partial charge >= 0.3 is 0 Å². The van der Waals surface area contributed by atoms with Gasteiger partial charge in [-0.15, -0.1) is 11.3 Å². The molecular weight excluding hydrogens is 266 g/mol. The van der Waals surface area contributed by atoms with Crippen LogP contribution in [0.25, 0.3) is 0 Å². The maximum absolute atomic E-state index is 11.1. The fourth-order valence-electron chi connectivity index (χ4n) is 1.78. The molecule has 6 heteroatoms. The van der Waals surface area contributed by atoms with Gasteiger partial charge in [-0.1, -0.05) is 0 Å². The summed E-state index contributed by atoms with van der Waals surface area (Å²) in [7, 11) is 0. The molecule has 0 bridgehead atoms. The number of ether oxygens (including phenoxy) is 3. The van der Waals surface area contributed by atoms with Crippen LogP contribution in [0.4, 0.5) is 0 Å². The van der Waals surface area contributed by atoms with Crippen molar-refractivity contribution in [3.63, 3.8) is 0 Å². The highest BCUT2D eigenvalue weighted by Crippen LogP contribution is 2.37. The van der Waals surface area contributed by atoms with Crippen LogP contribution in [0.3, 0.4) is 0 Å². The molecule has 0 N–H and O–H groups in total. The molecule has 0 amide bonds. The quantitative estimate of drug-likeness (QED) is 0.804. The first kappa shape index (κ1) is 12.0. The van der Waals surface area contributed by atoms with Gasteiger partial charge in [-0.05, 0) is 13.0 Å². The summed E-state index contributed by atoms with van der Waals surface area (Å²) in [6.45, 7) is 2.43. The lowest BCUT2D eigenvalue weighted by Crippen LogP contribution is -1.99. The Kier molecular flexibility index (Phi) is 3.08. The third-order valence-electron chi connectivity index (χ3n) is 2.67. The molecule has 1 aromatic heterocycles. The lowest BCUT2D eigenvalue weighted by Gasteiger charge is -2.08. The Balaban J connectivity index is 1.81. The molecule has 0 radical (unpaired) electrons. The van der Waals surface area contributed by atoms with Gasteiger partial charge in [0.25, 0.3) is 0 Å². The Bertz CT molecular complexity index is 623. The van der Waals surface area contributed by atoms with E-state index in [0.717, 1.165) is 17.0 Å². The van der Waals surface area contributed by atoms with Crippen LogP contribution in [0.5, 0.6) is 17.2 Å². The molecule has 98 valence electrons. The van der Waals surface area contributed by atoms with Gasteiger partial charge in [0.15, 0.2) is 17.8 Å². The molecule has 0 saturated carbocycles. The Hall–Kier alpha value is -2.08. The predicted molar refractivity (Wildman–Crippen MR) is 69.1 cm³/mol. The summed E-state index contributed by atoms with van der Waals surface area (Å²) >= 11 is 1.56. The number of hydrogen-bond acceptors (Lipinski definition) is 6. The zero-order chi connectivity index (χ0) is 13.2. The first-order valence-corrected chi connectivity index (χ1v) is 6.57. The van der Waals surface area contributed by atoms with Crippen molar-refractivity contribution in [2.24, 2.45) is 0 Å². The van der Waals surface area contributed by atoms with Gasteiger partial charge in [-0.3, -0.25) is 4.79 Å². The van der Waals surface area contributed by atoms with E-state index in [9.17, 15) is 4.79 Å². The SMILES string of the molecule is Cc1nc(COc2cc3c(cc2C=O)OCO3)cs1. The number of aryl methyl sites for hydroxylation is 1. The molecule has 0 aliphatic carbocycles. The number of fused-ring (bicyclic) bond motifs is 1. The zero-order valence-corrected chi connectivity index (χ0v) is 11.0. The van der Waals surface area contributed by atoms with Gasteiger partial charge in [0.05, 0.1) is 16.3 Å². The normalized spacial score (nSPS) is 12.5. The van der Waals surface area contributed by atoms with Gasteiger partial charge in [0.1, 0.15) is 12.4 Å². The molecule has 2 aromatic rings. The van der Waals surface area contributed by atoms with E-state index in [-0.39, 0.29) is 6.79 Å². The van der Waals surface area contributed by atoms with E-state index in [1.807, 2.05) is 12.3 Å². The average Bonchev–Trinajstić information content (AvgIpc) is 3.03. The van der Waals surface area contributed by atoms with Crippen molar-refractivity contribution < 1.29 is 19.0 Å². The summed E-state index contributed by atoms with van der Waals surface area (Å²) < 4.78 is 16.1. The second-order valence-corrected chi connectivity index (χ2v) is 5.07. The average molecular weight is 277 g/mol. The molecule has 1 aliphatic heterocycles. The largest absolute Gasteiger partial charge is 0.486 e. The van der Waals surface area contributed by atoms with E-state index in [1.165, 1.54) is 0 Å². The third kappa shape index (κ3) is 2.39. The molecule has 1 aliphatic rings. The van der Waals surface area contributed by atoms with Gasteiger partial charge in [0.2, 0.25) is 6.79 Å². The minimum atomic E-state index is 0.169. The summed E-state index contributed by atoms with van der Waals surface area (Å²) in [5.41, 5.74) is 1.29. The topological polar surface area (TPSA) is 57.7 Å². The number of thiazole rings is 1. The number of carbonyl (C=O) groups is 1. The predicted octanol–water partition coefficient (Wildman–Crippen LogP) is 2.57. The lowest BCUT2D eigenvalue weighted by molar-refractivity contribution is 0.111. The van der Waals surface area contributed by atoms with E-state index in [2.05, 4.69) is 4.98 Å². The van der Waals surface area contributed by atoms with Crippen LogP contribution in [-0.2, 0) is 6.61 Å². The van der Waals surface area contributed by atoms with Crippen LogP contribution in [0.1, 0.15) is 21.1 Å². The molecule has 0 fully saturated rings. The van der Waals surface area contributed by atoms with Crippen molar-refractivity contribution in [1.82, 2.24) is 4.98 Å². The third-order valence-corrected chi connectivity index (χ3v) is 3.50. The van der Waals surface area contributed by atoms with Crippen LogP contribution in [0.15, 0.2) is 17.5 Å². The molecular formula is C13H11NO4S. The van der Waals surface area contributed by atoms with Gasteiger partial charge in [-0.25, -0.2) is 4.98 Å². The van der Waals surface area contributed by atoms with E-state index in [0.29, 0.717) is 29.4 Å². The van der Waals surface area contributed by atoms with Gasteiger partial charge in [0, 0.05) is 11.4 Å². The van der Waals surface area contributed by atoms with Crippen molar-refractivity contribution in [1.29, 1.82) is 0 Å². The first-order valence-electron chi connectivity index (χ1n) is 5.69. The van der Waals surface area contributed by atoms with Crippen LogP contribution in [-0.4, -0.2) is 18.1 Å². The summed E-state index contributed by atoms with van der Waals surface area (Å²) in [5.74, 6) is 1.64. The maximum Gasteiger partial charge on any atom is 0.231 e. The highest BCUT2D eigenvalue weighted by Gasteiger charge is 2.18. The summed E-state index contributed by atoms with van der Waals surface area (Å²) in [6, 6.07) is 3.29. The van der Waals surface area contributed by atoms with Crippen LogP contribution < -0.4 is 14.2 Å². The maximum atomic E-state index is 11.1. The molecule has 2 heterocycles.